The molecule has 0 saturated heterocycles. The lowest BCUT2D eigenvalue weighted by molar-refractivity contribution is 1.18. The Morgan fingerprint density at radius 1 is 0.462 bits per heavy atom. The number of aromatic nitrogens is 2. The van der Waals surface area contributed by atoms with E-state index in [1.54, 1.807) is 12.1 Å². The van der Waals surface area contributed by atoms with Crippen molar-refractivity contribution in [2.24, 2.45) is 0 Å². The van der Waals surface area contributed by atoms with Gasteiger partial charge in [-0.3, -0.25) is 0 Å². The first-order chi connectivity index (χ1) is 25.6. The van der Waals surface area contributed by atoms with Gasteiger partial charge in [-0.2, -0.15) is 15.8 Å². The minimum atomic E-state index is 0.443. The fraction of sp³-hybridized carbons (Fsp3) is 0. The van der Waals surface area contributed by atoms with E-state index in [0.717, 1.165) is 60.9 Å². The summed E-state index contributed by atoms with van der Waals surface area (Å²) in [6.45, 7) is 7.58. The predicted octanol–water partition coefficient (Wildman–Crippen LogP) is 11.4. The summed E-state index contributed by atoms with van der Waals surface area (Å²) in [5.74, 6) is 0. The number of fused-ring (bicyclic) bond motifs is 6. The molecule has 0 N–H and O–H groups in total. The highest BCUT2D eigenvalue weighted by molar-refractivity contribution is 6.11. The summed E-state index contributed by atoms with van der Waals surface area (Å²) < 4.78 is 4.33. The second-order valence-corrected chi connectivity index (χ2v) is 12.6. The highest BCUT2D eigenvalue weighted by Gasteiger charge is 2.19. The summed E-state index contributed by atoms with van der Waals surface area (Å²) in [5, 5.41) is 34.4. The topological polar surface area (TPSA) is 85.6 Å². The second kappa shape index (κ2) is 11.9. The van der Waals surface area contributed by atoms with Crippen LogP contribution in [-0.4, -0.2) is 9.13 Å². The van der Waals surface area contributed by atoms with E-state index in [2.05, 4.69) is 88.3 Å². The summed E-state index contributed by atoms with van der Waals surface area (Å²) in [6.07, 6.45) is 0. The Kier molecular flexibility index (Phi) is 6.91. The van der Waals surface area contributed by atoms with Crippen LogP contribution in [0.4, 0.5) is 5.69 Å². The molecular weight excluding hydrogens is 637 g/mol. The van der Waals surface area contributed by atoms with Crippen LogP contribution >= 0.6 is 0 Å². The molecule has 9 rings (SSSR count). The van der Waals surface area contributed by atoms with E-state index in [9.17, 15) is 15.8 Å². The Morgan fingerprint density at radius 3 is 1.83 bits per heavy atom. The molecule has 6 nitrogen and oxygen atoms in total. The molecule has 0 aliphatic rings. The fourth-order valence-electron chi connectivity index (χ4n) is 7.54. The van der Waals surface area contributed by atoms with Gasteiger partial charge in [0.05, 0.1) is 69.2 Å². The monoisotopic (exact) mass is 660 g/mol. The van der Waals surface area contributed by atoms with Crippen LogP contribution < -0.4 is 0 Å². The lowest BCUT2D eigenvalue weighted by Gasteiger charge is -2.16. The zero-order valence-electron chi connectivity index (χ0n) is 27.5. The number of rotatable bonds is 4. The summed E-state index contributed by atoms with van der Waals surface area (Å²) in [6, 6.07) is 54.6. The maximum absolute atomic E-state index is 10.6. The van der Waals surface area contributed by atoms with Gasteiger partial charge in [-0.1, -0.05) is 72.8 Å². The minimum absolute atomic E-state index is 0.443. The summed E-state index contributed by atoms with van der Waals surface area (Å²) >= 11 is 0. The van der Waals surface area contributed by atoms with Crippen LogP contribution in [-0.2, 0) is 0 Å². The number of hydrogen-bond acceptors (Lipinski definition) is 3. The Bertz CT molecular complexity index is 3010. The van der Waals surface area contributed by atoms with Gasteiger partial charge in [-0.05, 0) is 94.9 Å². The first-order valence-corrected chi connectivity index (χ1v) is 16.6. The average Bonchev–Trinajstić information content (AvgIpc) is 3.72. The molecule has 0 fully saturated rings. The van der Waals surface area contributed by atoms with Crippen LogP contribution in [0.1, 0.15) is 16.7 Å². The molecule has 0 bridgehead atoms. The van der Waals surface area contributed by atoms with Gasteiger partial charge in [0.25, 0.3) is 0 Å². The number of para-hydroxylation sites is 3. The highest BCUT2D eigenvalue weighted by atomic mass is 15.0. The van der Waals surface area contributed by atoms with Crippen molar-refractivity contribution in [3.63, 3.8) is 0 Å². The molecule has 0 unspecified atom stereocenters. The lowest BCUT2D eigenvalue weighted by Crippen LogP contribution is -1.98. The van der Waals surface area contributed by atoms with Gasteiger partial charge in [0.15, 0.2) is 5.69 Å². The molecule has 0 saturated carbocycles. The van der Waals surface area contributed by atoms with Crippen molar-refractivity contribution in [1.29, 1.82) is 15.8 Å². The molecule has 0 aliphatic heterocycles. The summed E-state index contributed by atoms with van der Waals surface area (Å²) in [5.41, 5.74) is 10.9. The first kappa shape index (κ1) is 30.2. The molecule has 0 atom stereocenters. The average molecular weight is 661 g/mol. The van der Waals surface area contributed by atoms with Crippen molar-refractivity contribution in [3.05, 3.63) is 174 Å². The lowest BCUT2D eigenvalue weighted by atomic mass is 9.93. The van der Waals surface area contributed by atoms with Crippen LogP contribution in [0.3, 0.4) is 0 Å². The van der Waals surface area contributed by atoms with Gasteiger partial charge in [-0.15, -0.1) is 0 Å². The molecular formula is C46H24N6. The van der Waals surface area contributed by atoms with Gasteiger partial charge in [0, 0.05) is 27.4 Å². The van der Waals surface area contributed by atoms with Crippen molar-refractivity contribution in [2.45, 2.75) is 0 Å². The van der Waals surface area contributed by atoms with E-state index in [-0.39, 0.29) is 0 Å². The Balaban J connectivity index is 1.22. The van der Waals surface area contributed by atoms with Gasteiger partial charge in [0.1, 0.15) is 0 Å². The first-order valence-electron chi connectivity index (χ1n) is 16.6. The van der Waals surface area contributed by atoms with E-state index in [1.165, 1.54) is 10.8 Å². The number of hydrogen-bond donors (Lipinski definition) is 0. The smallest absolute Gasteiger partial charge is 0.188 e. The highest BCUT2D eigenvalue weighted by Crippen LogP contribution is 2.39. The molecule has 6 heteroatoms. The van der Waals surface area contributed by atoms with E-state index < -0.39 is 0 Å². The third kappa shape index (κ3) is 4.62. The zero-order valence-corrected chi connectivity index (χ0v) is 27.5. The van der Waals surface area contributed by atoms with Crippen LogP contribution in [0.5, 0.6) is 0 Å². The van der Waals surface area contributed by atoms with Crippen molar-refractivity contribution in [3.8, 4) is 51.8 Å². The molecule has 0 radical (unpaired) electrons. The molecule has 7 aromatic carbocycles. The third-order valence-corrected chi connectivity index (χ3v) is 9.80. The van der Waals surface area contributed by atoms with E-state index in [0.29, 0.717) is 27.9 Å². The molecule has 2 aromatic heterocycles. The van der Waals surface area contributed by atoms with Crippen LogP contribution in [0.25, 0.3) is 82.1 Å². The summed E-state index contributed by atoms with van der Waals surface area (Å²) in [4.78, 5) is 3.63. The number of nitriles is 3. The largest absolute Gasteiger partial charge is 0.309 e. The summed E-state index contributed by atoms with van der Waals surface area (Å²) in [7, 11) is 0. The van der Waals surface area contributed by atoms with Crippen molar-refractivity contribution in [2.75, 3.05) is 0 Å². The predicted molar refractivity (Wildman–Crippen MR) is 206 cm³/mol. The van der Waals surface area contributed by atoms with Gasteiger partial charge in [0.2, 0.25) is 0 Å². The van der Waals surface area contributed by atoms with Crippen molar-refractivity contribution < 1.29 is 0 Å². The zero-order chi connectivity index (χ0) is 35.3. The molecule has 0 aliphatic carbocycles. The quantitative estimate of drug-likeness (QED) is 0.176. The molecule has 2 heterocycles. The maximum atomic E-state index is 10.6. The minimum Gasteiger partial charge on any atom is -0.309 e. The van der Waals surface area contributed by atoms with Gasteiger partial charge >= 0.3 is 0 Å². The molecule has 238 valence electrons. The third-order valence-electron chi connectivity index (χ3n) is 9.80. The number of nitrogens with zero attached hydrogens (tertiary/aromatic N) is 6. The van der Waals surface area contributed by atoms with E-state index in [4.69, 9.17) is 6.57 Å². The second-order valence-electron chi connectivity index (χ2n) is 12.6. The van der Waals surface area contributed by atoms with E-state index >= 15 is 0 Å². The maximum Gasteiger partial charge on any atom is 0.188 e. The SMILES string of the molecule is [C-]#[N+]c1ccc2c(c1)c1cc(C#N)ccc1n2-c1cc(C#N)cc(-c2ccc(-c3ccccc3-n3c4ccccc4c4ccccc43)cc2C#N)c1. The molecule has 52 heavy (non-hydrogen) atoms. The van der Waals surface area contributed by atoms with Crippen molar-refractivity contribution in [1.82, 2.24) is 9.13 Å². The van der Waals surface area contributed by atoms with Crippen molar-refractivity contribution >= 4 is 49.3 Å². The van der Waals surface area contributed by atoms with Gasteiger partial charge < -0.3 is 9.13 Å². The fourth-order valence-corrected chi connectivity index (χ4v) is 7.54. The Labute approximate surface area is 298 Å². The standard InChI is InChI=1S/C46H24N6/c1-50-34-16-19-46-41(25-34)40-22-29(26-47)14-18-45(40)51(46)35-21-30(27-48)20-32(24-35)36-17-15-31(23-33(36)28-49)37-8-2-5-11-42(37)52-43-12-6-3-9-38(43)39-10-4-7-13-44(39)52/h2-25H. The number of benzene rings is 7. The van der Waals surface area contributed by atoms with Gasteiger partial charge in [-0.25, -0.2) is 4.85 Å². The van der Waals surface area contributed by atoms with Crippen LogP contribution in [0.2, 0.25) is 0 Å². The molecule has 0 amide bonds. The molecule has 9 aromatic rings. The van der Waals surface area contributed by atoms with Crippen LogP contribution in [0, 0.1) is 40.6 Å². The Hall–Kier alpha value is -7.90. The Morgan fingerprint density at radius 2 is 1.12 bits per heavy atom. The van der Waals surface area contributed by atoms with Crippen LogP contribution in [0.15, 0.2) is 146 Å². The normalized spacial score (nSPS) is 11.0. The molecule has 0 spiro atoms. The van der Waals surface area contributed by atoms with E-state index in [1.807, 2.05) is 77.4 Å².